The molecule has 11 heteroatoms. The summed E-state index contributed by atoms with van der Waals surface area (Å²) in [5, 5.41) is 2.20. The molecular formula is C36H49FN6O3S. The maximum atomic E-state index is 15.6. The van der Waals surface area contributed by atoms with Gasteiger partial charge in [0.2, 0.25) is 11.8 Å². The Morgan fingerprint density at radius 1 is 0.957 bits per heavy atom. The number of piperazine rings is 1. The molecule has 0 bridgehead atoms. The Kier molecular flexibility index (Phi) is 10.0. The fourth-order valence-electron chi connectivity index (χ4n) is 7.55. The molecule has 1 unspecified atom stereocenters. The molecule has 0 saturated carbocycles. The number of fused-ring (bicyclic) bond motifs is 1. The first-order valence-corrected chi connectivity index (χ1v) is 18.2. The van der Waals surface area contributed by atoms with Gasteiger partial charge in [-0.05, 0) is 64.2 Å². The predicted molar refractivity (Wildman–Crippen MR) is 186 cm³/mol. The van der Waals surface area contributed by atoms with Crippen LogP contribution in [0.3, 0.4) is 0 Å². The Balaban J connectivity index is 1.10. The van der Waals surface area contributed by atoms with Crippen LogP contribution in [-0.4, -0.2) is 107 Å². The van der Waals surface area contributed by atoms with Crippen molar-refractivity contribution in [3.8, 4) is 0 Å². The molecule has 254 valence electrons. The number of carbonyl (C=O) groups is 3. The summed E-state index contributed by atoms with van der Waals surface area (Å²) in [5.74, 6) is -0.337. The minimum Gasteiger partial charge on any atom is -0.366 e. The van der Waals surface area contributed by atoms with E-state index < -0.39 is 5.25 Å². The first-order chi connectivity index (χ1) is 22.5. The lowest BCUT2D eigenvalue weighted by Gasteiger charge is -2.43. The maximum absolute atomic E-state index is 15.6. The van der Waals surface area contributed by atoms with Crippen LogP contribution in [0.1, 0.15) is 69.9 Å². The lowest BCUT2D eigenvalue weighted by Crippen LogP contribution is -2.53. The van der Waals surface area contributed by atoms with E-state index in [1.807, 2.05) is 45.9 Å². The highest BCUT2D eigenvalue weighted by Crippen LogP contribution is 2.48. The fourth-order valence-corrected chi connectivity index (χ4v) is 9.05. The van der Waals surface area contributed by atoms with E-state index in [9.17, 15) is 14.4 Å². The zero-order chi connectivity index (χ0) is 33.3. The van der Waals surface area contributed by atoms with Crippen molar-refractivity contribution in [3.05, 3.63) is 59.4 Å². The number of nitrogens with zero attached hydrogens (tertiary/aromatic N) is 5. The lowest BCUT2D eigenvalue weighted by molar-refractivity contribution is -0.136. The molecule has 4 amide bonds. The number of para-hydroxylation sites is 2. The van der Waals surface area contributed by atoms with Crippen LogP contribution in [0.15, 0.2) is 42.5 Å². The Bertz CT molecular complexity index is 1470. The molecule has 3 saturated heterocycles. The SMILES string of the molecule is CCCN1C(=O)[C@H](CC(=O)N2CCC(N3CCc4ccccc4NC3=O)CC2)SC1c1cccc(F)c1N1CCN(C(C)(C)C)CC1. The van der Waals surface area contributed by atoms with Gasteiger partial charge in [-0.1, -0.05) is 37.3 Å². The number of urea groups is 1. The van der Waals surface area contributed by atoms with E-state index >= 15 is 4.39 Å². The summed E-state index contributed by atoms with van der Waals surface area (Å²) in [6.45, 7) is 14.1. The highest BCUT2D eigenvalue weighted by molar-refractivity contribution is 8.01. The molecule has 0 radical (unpaired) electrons. The summed E-state index contributed by atoms with van der Waals surface area (Å²) in [5.41, 5.74) is 3.46. The number of nitrogens with one attached hydrogen (secondary N) is 1. The number of amides is 4. The van der Waals surface area contributed by atoms with E-state index in [-0.39, 0.29) is 47.0 Å². The Hall–Kier alpha value is -3.31. The number of benzene rings is 2. The molecule has 3 fully saturated rings. The zero-order valence-corrected chi connectivity index (χ0v) is 29.0. The molecule has 4 aliphatic heterocycles. The van der Waals surface area contributed by atoms with Crippen molar-refractivity contribution in [1.29, 1.82) is 0 Å². The van der Waals surface area contributed by atoms with E-state index in [4.69, 9.17) is 0 Å². The minimum absolute atomic E-state index is 0.0307. The number of halogens is 1. The summed E-state index contributed by atoms with van der Waals surface area (Å²) < 4.78 is 15.6. The quantitative estimate of drug-likeness (QED) is 0.417. The van der Waals surface area contributed by atoms with Crippen molar-refractivity contribution < 1.29 is 18.8 Å². The van der Waals surface area contributed by atoms with Crippen LogP contribution in [-0.2, 0) is 16.0 Å². The van der Waals surface area contributed by atoms with Crippen LogP contribution in [0.25, 0.3) is 0 Å². The molecule has 47 heavy (non-hydrogen) atoms. The van der Waals surface area contributed by atoms with Crippen molar-refractivity contribution in [1.82, 2.24) is 19.6 Å². The number of hydrogen-bond donors (Lipinski definition) is 1. The normalized spacial score (nSPS) is 23.2. The molecule has 6 rings (SSSR count). The van der Waals surface area contributed by atoms with Gasteiger partial charge in [-0.2, -0.15) is 0 Å². The van der Waals surface area contributed by atoms with Gasteiger partial charge in [-0.25, -0.2) is 9.18 Å². The summed E-state index contributed by atoms with van der Waals surface area (Å²) in [4.78, 5) is 50.7. The number of carbonyl (C=O) groups excluding carboxylic acids is 3. The number of likely N-dealkylation sites (tertiary alicyclic amines) is 1. The molecule has 0 aromatic heterocycles. The fraction of sp³-hybridized carbons (Fsp3) is 0.583. The second-order valence-corrected chi connectivity index (χ2v) is 15.5. The second kappa shape index (κ2) is 14.0. The van der Waals surface area contributed by atoms with E-state index in [0.717, 1.165) is 42.7 Å². The summed E-state index contributed by atoms with van der Waals surface area (Å²) in [6.07, 6.45) is 3.12. The van der Waals surface area contributed by atoms with Crippen molar-refractivity contribution in [2.45, 2.75) is 82.0 Å². The van der Waals surface area contributed by atoms with Crippen LogP contribution in [0.4, 0.5) is 20.6 Å². The smallest absolute Gasteiger partial charge is 0.322 e. The number of piperidine rings is 1. The predicted octanol–water partition coefficient (Wildman–Crippen LogP) is 5.57. The minimum atomic E-state index is -0.513. The average molecular weight is 665 g/mol. The van der Waals surface area contributed by atoms with Crippen LogP contribution in [0.2, 0.25) is 0 Å². The highest BCUT2D eigenvalue weighted by Gasteiger charge is 2.44. The van der Waals surface area contributed by atoms with Gasteiger partial charge in [0, 0.05) is 81.6 Å². The lowest BCUT2D eigenvalue weighted by atomic mass is 10.0. The molecule has 2 atom stereocenters. The summed E-state index contributed by atoms with van der Waals surface area (Å²) in [6, 6.07) is 13.1. The maximum Gasteiger partial charge on any atom is 0.322 e. The largest absolute Gasteiger partial charge is 0.366 e. The Labute approximate surface area is 282 Å². The number of anilines is 2. The monoisotopic (exact) mass is 664 g/mol. The summed E-state index contributed by atoms with van der Waals surface area (Å²) >= 11 is 1.49. The van der Waals surface area contributed by atoms with Crippen LogP contribution in [0.5, 0.6) is 0 Å². The molecule has 4 aliphatic rings. The van der Waals surface area contributed by atoms with Gasteiger partial charge in [0.05, 0.1) is 10.9 Å². The molecule has 2 aromatic rings. The molecule has 1 N–H and O–H groups in total. The molecule has 4 heterocycles. The Morgan fingerprint density at radius 3 is 2.38 bits per heavy atom. The number of rotatable bonds is 7. The van der Waals surface area contributed by atoms with Gasteiger partial charge in [0.15, 0.2) is 0 Å². The highest BCUT2D eigenvalue weighted by atomic mass is 32.2. The van der Waals surface area contributed by atoms with Crippen molar-refractivity contribution in [2.24, 2.45) is 0 Å². The Morgan fingerprint density at radius 2 is 1.68 bits per heavy atom. The van der Waals surface area contributed by atoms with Gasteiger partial charge >= 0.3 is 6.03 Å². The summed E-state index contributed by atoms with van der Waals surface area (Å²) in [7, 11) is 0. The molecule has 0 spiro atoms. The average Bonchev–Trinajstić information content (AvgIpc) is 3.24. The van der Waals surface area contributed by atoms with E-state index in [1.54, 1.807) is 6.07 Å². The molecule has 9 nitrogen and oxygen atoms in total. The van der Waals surface area contributed by atoms with Crippen LogP contribution < -0.4 is 10.2 Å². The van der Waals surface area contributed by atoms with Crippen molar-refractivity contribution in [2.75, 3.05) is 62.6 Å². The topological polar surface area (TPSA) is 79.4 Å². The van der Waals surface area contributed by atoms with E-state index in [1.165, 1.54) is 17.8 Å². The third-order valence-electron chi connectivity index (χ3n) is 10.2. The van der Waals surface area contributed by atoms with Gasteiger partial charge in [-0.3, -0.25) is 14.5 Å². The second-order valence-electron chi connectivity index (χ2n) is 14.2. The van der Waals surface area contributed by atoms with Gasteiger partial charge in [-0.15, -0.1) is 11.8 Å². The molecule has 2 aromatic carbocycles. The van der Waals surface area contributed by atoms with Crippen LogP contribution in [0, 0.1) is 5.82 Å². The first kappa shape index (κ1) is 33.6. The third kappa shape index (κ3) is 7.11. The zero-order valence-electron chi connectivity index (χ0n) is 28.2. The first-order valence-electron chi connectivity index (χ1n) is 17.2. The number of hydrogen-bond acceptors (Lipinski definition) is 6. The van der Waals surface area contributed by atoms with Gasteiger partial charge in [0.25, 0.3) is 0 Å². The third-order valence-corrected chi connectivity index (χ3v) is 11.7. The van der Waals surface area contributed by atoms with Crippen molar-refractivity contribution >= 4 is 41.0 Å². The van der Waals surface area contributed by atoms with Gasteiger partial charge in [0.1, 0.15) is 11.2 Å². The van der Waals surface area contributed by atoms with Crippen molar-refractivity contribution in [3.63, 3.8) is 0 Å². The number of thioether (sulfide) groups is 1. The van der Waals surface area contributed by atoms with Gasteiger partial charge < -0.3 is 24.9 Å². The van der Waals surface area contributed by atoms with E-state index in [0.29, 0.717) is 57.8 Å². The standard InChI is InChI=1S/C36H49FN6O3S/c1-5-16-43-33(45)30(47-34(43)27-10-8-11-28(37)32(27)40-20-22-41(23-21-40)36(2,3)4)24-31(44)39-17-14-26(15-18-39)42-19-13-25-9-6-7-12-29(25)38-35(42)46/h6-12,26,30,34H,5,13-24H2,1-4H3,(H,38,46)/t30-,34?/m0/s1. The van der Waals surface area contributed by atoms with Crippen LogP contribution >= 0.6 is 11.8 Å². The molecular weight excluding hydrogens is 616 g/mol. The molecule has 0 aliphatic carbocycles. The van der Waals surface area contributed by atoms with E-state index in [2.05, 4.69) is 42.0 Å².